The summed E-state index contributed by atoms with van der Waals surface area (Å²) < 4.78 is 427. The van der Waals surface area contributed by atoms with Crippen molar-refractivity contribution >= 4 is 11.8 Å². The lowest BCUT2D eigenvalue weighted by molar-refractivity contribution is -0.443. The van der Waals surface area contributed by atoms with Gasteiger partial charge in [-0.2, -0.15) is 123 Å². The third-order valence-corrected chi connectivity index (χ3v) is 7.57. The highest BCUT2D eigenvalue weighted by Gasteiger charge is 2.96. The highest BCUT2D eigenvalue weighted by atomic mass is 19.4. The Hall–Kier alpha value is -3.30. The van der Waals surface area contributed by atoms with Gasteiger partial charge in [-0.1, -0.05) is 12.8 Å². The van der Waals surface area contributed by atoms with Crippen LogP contribution in [-0.4, -0.2) is 121 Å². The molecule has 0 aromatic heterocycles. The van der Waals surface area contributed by atoms with Crippen molar-refractivity contribution in [2.45, 2.75) is 121 Å². The smallest absolute Gasteiger partial charge is 0.351 e. The average Bonchev–Trinajstić information content (AvgIpc) is 3.07. The van der Waals surface area contributed by atoms with Crippen molar-refractivity contribution in [3.05, 3.63) is 0 Å². The Morgan fingerprint density at radius 3 is 0.683 bits per heavy atom. The number of amides is 2. The molecule has 0 saturated carbocycles. The summed E-state index contributed by atoms with van der Waals surface area (Å²) in [5.41, 5.74) is 0. The van der Waals surface area contributed by atoms with Gasteiger partial charge in [-0.25, -0.2) is 17.6 Å². The number of hydrogen-bond acceptors (Lipinski definition) is 2. The largest absolute Gasteiger partial charge is 0.392 e. The van der Waals surface area contributed by atoms with Crippen LogP contribution in [0.2, 0.25) is 0 Å². The first kappa shape index (κ1) is 56.7. The molecular weight excluding hydrogens is 956 g/mol. The van der Waals surface area contributed by atoms with E-state index in [1.165, 1.54) is 0 Å². The van der Waals surface area contributed by atoms with Crippen LogP contribution in [0.4, 0.5) is 140 Å². The summed E-state index contributed by atoms with van der Waals surface area (Å²) in [6.07, 6.45) is -16.0. The van der Waals surface area contributed by atoms with E-state index in [0.717, 1.165) is 0 Å². The van der Waals surface area contributed by atoms with Crippen molar-refractivity contribution in [1.82, 2.24) is 10.6 Å². The second kappa shape index (κ2) is 16.4. The maximum absolute atomic E-state index is 13.9. The Morgan fingerprint density at radius 1 is 0.300 bits per heavy atom. The average molecular weight is 972 g/mol. The number of rotatable bonds is 23. The SMILES string of the molecule is O=C(NCCCCCCNC(=O)C(F)(F)C(F)(F)C(F)(F)C(F)(F)C(F)(F)C(F)(F)C(F)(F)C(F)F)C(F)(F)C(F)(F)C(F)(F)C(F)(F)C(F)(F)C(F)(F)C(F)(F)C(F)F. The van der Waals surface area contributed by atoms with E-state index in [1.807, 2.05) is 0 Å². The number of halogens is 32. The van der Waals surface area contributed by atoms with Gasteiger partial charge in [0, 0.05) is 13.1 Å². The first-order valence-electron chi connectivity index (χ1n) is 14.4. The first-order valence-corrected chi connectivity index (χ1v) is 14.4. The fourth-order valence-electron chi connectivity index (χ4n) is 3.78. The fraction of sp³-hybridized carbons (Fsp3) is 0.917. The van der Waals surface area contributed by atoms with Gasteiger partial charge in [0.2, 0.25) is 0 Å². The second-order valence-corrected chi connectivity index (χ2v) is 11.7. The third kappa shape index (κ3) is 8.08. The Labute approximate surface area is 308 Å². The summed E-state index contributed by atoms with van der Waals surface area (Å²) in [7, 11) is 0. The summed E-state index contributed by atoms with van der Waals surface area (Å²) in [5.74, 6) is -124. The summed E-state index contributed by atoms with van der Waals surface area (Å²) >= 11 is 0. The van der Waals surface area contributed by atoms with Gasteiger partial charge in [0.05, 0.1) is 0 Å². The molecule has 0 aromatic rings. The molecule has 4 nitrogen and oxygen atoms in total. The summed E-state index contributed by atoms with van der Waals surface area (Å²) in [4.78, 5) is 22.8. The van der Waals surface area contributed by atoms with Crippen LogP contribution in [0.15, 0.2) is 0 Å². The monoisotopic (exact) mass is 972 g/mol. The van der Waals surface area contributed by atoms with Gasteiger partial charge in [0.25, 0.3) is 11.8 Å². The van der Waals surface area contributed by atoms with Gasteiger partial charge in [0.1, 0.15) is 0 Å². The molecule has 0 heterocycles. The maximum Gasteiger partial charge on any atom is 0.392 e. The Morgan fingerprint density at radius 2 is 0.483 bits per heavy atom. The normalized spacial score (nSPS) is 15.8. The van der Waals surface area contributed by atoms with Crippen LogP contribution in [0.1, 0.15) is 25.7 Å². The molecule has 358 valence electrons. The van der Waals surface area contributed by atoms with E-state index in [-0.39, 0.29) is 0 Å². The highest BCUT2D eigenvalue weighted by molar-refractivity contribution is 5.85. The molecule has 0 aliphatic carbocycles. The number of carbonyl (C=O) groups is 2. The molecule has 36 heteroatoms. The third-order valence-electron chi connectivity index (χ3n) is 7.57. The van der Waals surface area contributed by atoms with Crippen molar-refractivity contribution in [2.75, 3.05) is 13.1 Å². The number of alkyl halides is 32. The molecule has 2 amide bonds. The Balaban J connectivity index is 5.70. The molecule has 2 N–H and O–H groups in total. The highest BCUT2D eigenvalue weighted by Crippen LogP contribution is 2.64. The molecule has 0 aromatic carbocycles. The van der Waals surface area contributed by atoms with E-state index in [9.17, 15) is 150 Å². The topological polar surface area (TPSA) is 58.2 Å². The predicted octanol–water partition coefficient (Wildman–Crippen LogP) is 10.2. The first-order chi connectivity index (χ1) is 25.9. The molecular formula is C24H16F32N2O2. The molecule has 0 atom stereocenters. The van der Waals surface area contributed by atoms with Crippen molar-refractivity contribution in [3.8, 4) is 0 Å². The summed E-state index contributed by atoms with van der Waals surface area (Å²) in [6, 6.07) is 0. The quantitative estimate of drug-likeness (QED) is 0.0792. The number of hydrogen-bond donors (Lipinski definition) is 2. The molecule has 0 radical (unpaired) electrons. The lowest BCUT2D eigenvalue weighted by Crippen LogP contribution is -2.74. The van der Waals surface area contributed by atoms with Gasteiger partial charge >= 0.3 is 95.8 Å². The molecule has 0 saturated heterocycles. The van der Waals surface area contributed by atoms with Crippen LogP contribution < -0.4 is 10.6 Å². The summed E-state index contributed by atoms with van der Waals surface area (Å²) in [6.45, 7) is -3.21. The molecule has 0 aliphatic rings. The predicted molar refractivity (Wildman–Crippen MR) is 126 cm³/mol. The lowest BCUT2D eigenvalue weighted by Gasteiger charge is -2.42. The minimum Gasteiger partial charge on any atom is -0.351 e. The maximum atomic E-state index is 13.9. The van der Waals surface area contributed by atoms with Crippen LogP contribution in [0, 0.1) is 0 Å². The van der Waals surface area contributed by atoms with Gasteiger partial charge in [-0.15, -0.1) is 0 Å². The van der Waals surface area contributed by atoms with E-state index < -0.39 is 146 Å². The molecule has 0 unspecified atom stereocenters. The number of unbranched alkanes of at least 4 members (excludes halogenated alkanes) is 3. The minimum absolute atomic E-state index is 0.501. The zero-order chi connectivity index (χ0) is 49.0. The molecule has 0 aliphatic heterocycles. The van der Waals surface area contributed by atoms with Crippen LogP contribution in [0.5, 0.6) is 0 Å². The molecule has 0 rings (SSSR count). The van der Waals surface area contributed by atoms with Crippen LogP contribution >= 0.6 is 0 Å². The van der Waals surface area contributed by atoms with Crippen molar-refractivity contribution in [2.24, 2.45) is 0 Å². The van der Waals surface area contributed by atoms with E-state index in [2.05, 4.69) is 0 Å². The van der Waals surface area contributed by atoms with E-state index >= 15 is 0 Å². The second-order valence-electron chi connectivity index (χ2n) is 11.7. The van der Waals surface area contributed by atoms with Gasteiger partial charge in [0.15, 0.2) is 0 Å². The zero-order valence-corrected chi connectivity index (χ0v) is 27.3. The zero-order valence-electron chi connectivity index (χ0n) is 27.3. The number of nitrogens with one attached hydrogen (secondary N) is 2. The van der Waals surface area contributed by atoms with Crippen molar-refractivity contribution in [1.29, 1.82) is 0 Å². The summed E-state index contributed by atoms with van der Waals surface area (Å²) in [5, 5.41) is 1.00. The van der Waals surface area contributed by atoms with Crippen LogP contribution in [-0.2, 0) is 9.59 Å². The standard InChI is InChI=1S/C24H16F32N2O2/c25-7(26)11(29,30)15(37,38)19(45,46)23(53,54)21(49,50)17(41,42)13(33,34)9(59)57-5-3-1-2-4-6-58-10(60)14(35,36)18(43,44)22(51,52)24(55,56)20(47,48)16(39,40)12(31,32)8(27)28/h7-8H,1-6H2,(H,57,59)(H,58,60). The molecule has 60 heavy (non-hydrogen) atoms. The van der Waals surface area contributed by atoms with E-state index in [4.69, 9.17) is 0 Å². The van der Waals surface area contributed by atoms with Crippen LogP contribution in [0.3, 0.4) is 0 Å². The van der Waals surface area contributed by atoms with E-state index in [1.54, 1.807) is 0 Å². The van der Waals surface area contributed by atoms with Gasteiger partial charge in [-0.05, 0) is 12.8 Å². The number of carbonyl (C=O) groups excluding carboxylic acids is 2. The Kier molecular flexibility index (Phi) is 15.5. The molecule has 0 bridgehead atoms. The Bertz CT molecular complexity index is 1390. The molecule has 0 spiro atoms. The lowest BCUT2D eigenvalue weighted by atomic mass is 9.89. The van der Waals surface area contributed by atoms with Crippen LogP contribution in [0.25, 0.3) is 0 Å². The van der Waals surface area contributed by atoms with Crippen molar-refractivity contribution in [3.63, 3.8) is 0 Å². The molecule has 0 fully saturated rings. The van der Waals surface area contributed by atoms with E-state index in [0.29, 0.717) is 10.6 Å². The van der Waals surface area contributed by atoms with Gasteiger partial charge in [-0.3, -0.25) is 9.59 Å². The van der Waals surface area contributed by atoms with Gasteiger partial charge < -0.3 is 10.6 Å². The fourth-order valence-corrected chi connectivity index (χ4v) is 3.78. The minimum atomic E-state index is -8.83. The van der Waals surface area contributed by atoms with Crippen molar-refractivity contribution < 1.29 is 150 Å².